The minimum Gasteiger partial charge on any atom is -0.391 e. The third-order valence-corrected chi connectivity index (χ3v) is 3.20. The van der Waals surface area contributed by atoms with Crippen LogP contribution in [0.15, 0.2) is 17.1 Å². The Balaban J connectivity index is 2.61. The Labute approximate surface area is 115 Å². The molecule has 1 aliphatic rings. The van der Waals surface area contributed by atoms with E-state index >= 15 is 0 Å². The summed E-state index contributed by atoms with van der Waals surface area (Å²) in [6, 6.07) is -0.901. The first kappa shape index (κ1) is 15.4. The van der Waals surface area contributed by atoms with E-state index in [1.54, 1.807) is 0 Å². The van der Waals surface area contributed by atoms with Crippen LogP contribution < -0.4 is 5.56 Å². The Morgan fingerprint density at radius 1 is 1.48 bits per heavy atom. The highest BCUT2D eigenvalue weighted by atomic mass is 19.4. The fourth-order valence-corrected chi connectivity index (χ4v) is 2.10. The number of ether oxygens (including phenoxy) is 1. The van der Waals surface area contributed by atoms with Crippen molar-refractivity contribution in [3.05, 3.63) is 38.3 Å². The van der Waals surface area contributed by atoms with Crippen LogP contribution in [-0.4, -0.2) is 33.9 Å². The zero-order valence-corrected chi connectivity index (χ0v) is 10.5. The molecule has 116 valence electrons. The van der Waals surface area contributed by atoms with Crippen LogP contribution >= 0.6 is 0 Å². The molecule has 0 bridgehead atoms. The Kier molecular flexibility index (Phi) is 4.01. The predicted molar refractivity (Wildman–Crippen MR) is 62.8 cm³/mol. The van der Waals surface area contributed by atoms with Crippen LogP contribution in [0.2, 0.25) is 0 Å². The Morgan fingerprint density at radius 3 is 2.67 bits per heavy atom. The molecule has 0 amide bonds. The molecular weight excluding hydrogens is 297 g/mol. The molecule has 0 aliphatic carbocycles. The largest absolute Gasteiger partial charge is 0.418 e. The van der Waals surface area contributed by atoms with Crippen LogP contribution in [0.5, 0.6) is 0 Å². The minimum absolute atomic E-state index is 0.126. The van der Waals surface area contributed by atoms with E-state index in [1.165, 1.54) is 0 Å². The lowest BCUT2D eigenvalue weighted by Gasteiger charge is -2.29. The highest BCUT2D eigenvalue weighted by Gasteiger charge is 2.36. The van der Waals surface area contributed by atoms with Crippen LogP contribution in [0.4, 0.5) is 18.9 Å². The van der Waals surface area contributed by atoms with Gasteiger partial charge in [-0.25, -0.2) is 0 Å². The van der Waals surface area contributed by atoms with Gasteiger partial charge in [0.15, 0.2) is 0 Å². The summed E-state index contributed by atoms with van der Waals surface area (Å²) in [5.74, 6) is 0. The van der Waals surface area contributed by atoms with Crippen LogP contribution in [0.3, 0.4) is 0 Å². The van der Waals surface area contributed by atoms with E-state index in [9.17, 15) is 33.2 Å². The predicted octanol–water partition coefficient (Wildman–Crippen LogP) is 1.10. The molecule has 21 heavy (non-hydrogen) atoms. The van der Waals surface area contributed by atoms with Crippen LogP contribution in [0.1, 0.15) is 18.0 Å². The van der Waals surface area contributed by atoms with Gasteiger partial charge in [-0.15, -0.1) is 0 Å². The molecule has 0 radical (unpaired) electrons. The molecule has 2 heterocycles. The number of nitro groups is 1. The lowest BCUT2D eigenvalue weighted by molar-refractivity contribution is -0.386. The maximum atomic E-state index is 12.8. The Bertz CT molecular complexity index is 613. The second-order valence-corrected chi connectivity index (χ2v) is 4.58. The standard InChI is InChI=1S/C11H11F3N2O5/c12-11(13,14)6-3-7(16(19)20)10(18)15(4-6)8-5-21-2-1-9(8)17/h3-4,8-9,17H,1-2,5H2/t8-,9-/m1/s1. The second kappa shape index (κ2) is 5.45. The zero-order chi connectivity index (χ0) is 15.8. The highest BCUT2D eigenvalue weighted by molar-refractivity contribution is 5.33. The van der Waals surface area contributed by atoms with Gasteiger partial charge >= 0.3 is 17.4 Å². The summed E-state index contributed by atoms with van der Waals surface area (Å²) >= 11 is 0. The smallest absolute Gasteiger partial charge is 0.391 e. The van der Waals surface area contributed by atoms with Crippen LogP contribution in [-0.2, 0) is 10.9 Å². The number of nitrogens with zero attached hydrogens (tertiary/aromatic N) is 2. The first-order valence-electron chi connectivity index (χ1n) is 5.95. The topological polar surface area (TPSA) is 94.6 Å². The van der Waals surface area contributed by atoms with E-state index in [-0.39, 0.29) is 25.7 Å². The van der Waals surface area contributed by atoms with E-state index in [4.69, 9.17) is 4.74 Å². The number of alkyl halides is 3. The van der Waals surface area contributed by atoms with Gasteiger partial charge in [0.2, 0.25) is 0 Å². The maximum absolute atomic E-state index is 12.8. The quantitative estimate of drug-likeness (QED) is 0.652. The summed E-state index contributed by atoms with van der Waals surface area (Å²) in [6.07, 6.45) is -5.36. The number of rotatable bonds is 2. The number of halogens is 3. The molecule has 1 aliphatic heterocycles. The molecule has 1 aromatic rings. The van der Waals surface area contributed by atoms with Gasteiger partial charge in [-0.3, -0.25) is 14.9 Å². The van der Waals surface area contributed by atoms with Crippen molar-refractivity contribution < 1.29 is 27.9 Å². The number of pyridine rings is 1. The third-order valence-electron chi connectivity index (χ3n) is 3.20. The lowest BCUT2D eigenvalue weighted by Crippen LogP contribution is -2.40. The van der Waals surface area contributed by atoms with Crippen LogP contribution in [0, 0.1) is 10.1 Å². The van der Waals surface area contributed by atoms with Crippen molar-refractivity contribution in [1.82, 2.24) is 4.57 Å². The molecule has 0 aromatic carbocycles. The van der Waals surface area contributed by atoms with Gasteiger partial charge in [0.05, 0.1) is 29.2 Å². The first-order valence-corrected chi connectivity index (χ1v) is 5.95. The maximum Gasteiger partial charge on any atom is 0.418 e. The van der Waals surface area contributed by atoms with E-state index in [0.717, 1.165) is 0 Å². The van der Waals surface area contributed by atoms with Crippen molar-refractivity contribution >= 4 is 5.69 Å². The third kappa shape index (κ3) is 3.05. The van der Waals surface area contributed by atoms with Crippen LogP contribution in [0.25, 0.3) is 0 Å². The summed E-state index contributed by atoms with van der Waals surface area (Å²) in [6.45, 7) is 0.00695. The molecule has 0 unspecified atom stereocenters. The molecule has 2 atom stereocenters. The normalized spacial score (nSPS) is 23.0. The molecular formula is C11H11F3N2O5. The summed E-state index contributed by atoms with van der Waals surface area (Å²) < 4.78 is 43.9. The van der Waals surface area contributed by atoms with Gasteiger partial charge in [0.1, 0.15) is 0 Å². The molecule has 10 heteroatoms. The van der Waals surface area contributed by atoms with Gasteiger partial charge in [0, 0.05) is 18.9 Å². The zero-order valence-electron chi connectivity index (χ0n) is 10.5. The number of hydrogen-bond donors (Lipinski definition) is 1. The highest BCUT2D eigenvalue weighted by Crippen LogP contribution is 2.31. The summed E-state index contributed by atoms with van der Waals surface area (Å²) in [4.78, 5) is 21.5. The monoisotopic (exact) mass is 308 g/mol. The molecule has 0 saturated carbocycles. The molecule has 1 fully saturated rings. The number of aromatic nitrogens is 1. The van der Waals surface area contributed by atoms with E-state index in [0.29, 0.717) is 10.8 Å². The number of aliphatic hydroxyl groups is 1. The Hall–Kier alpha value is -1.94. The van der Waals surface area contributed by atoms with Gasteiger partial charge in [-0.2, -0.15) is 13.2 Å². The first-order chi connectivity index (χ1) is 9.71. The van der Waals surface area contributed by atoms with Gasteiger partial charge < -0.3 is 14.4 Å². The van der Waals surface area contributed by atoms with Crippen molar-refractivity contribution in [2.24, 2.45) is 0 Å². The van der Waals surface area contributed by atoms with E-state index < -0.39 is 40.1 Å². The van der Waals surface area contributed by atoms with Crippen molar-refractivity contribution in [3.63, 3.8) is 0 Å². The second-order valence-electron chi connectivity index (χ2n) is 4.58. The average Bonchev–Trinajstić information content (AvgIpc) is 2.38. The summed E-state index contributed by atoms with van der Waals surface area (Å²) in [7, 11) is 0. The van der Waals surface area contributed by atoms with E-state index in [2.05, 4.69) is 0 Å². The molecule has 1 saturated heterocycles. The van der Waals surface area contributed by atoms with Crippen molar-refractivity contribution in [1.29, 1.82) is 0 Å². The molecule has 7 nitrogen and oxygen atoms in total. The van der Waals surface area contributed by atoms with Crippen molar-refractivity contribution in [2.45, 2.75) is 24.7 Å². The minimum atomic E-state index is -4.85. The number of aliphatic hydroxyl groups excluding tert-OH is 1. The summed E-state index contributed by atoms with van der Waals surface area (Å²) in [5.41, 5.74) is -3.73. The SMILES string of the molecule is O=c1c([N+](=O)[O-])cc(C(F)(F)F)cn1[C@@H]1COCC[C@H]1O. The van der Waals surface area contributed by atoms with Gasteiger partial charge in [-0.05, 0) is 6.42 Å². The Morgan fingerprint density at radius 2 is 2.14 bits per heavy atom. The lowest BCUT2D eigenvalue weighted by atomic mass is 10.1. The fraction of sp³-hybridized carbons (Fsp3) is 0.545. The molecule has 2 rings (SSSR count). The van der Waals surface area contributed by atoms with Gasteiger partial charge in [0.25, 0.3) is 0 Å². The molecule has 1 aromatic heterocycles. The van der Waals surface area contributed by atoms with Crippen molar-refractivity contribution in [3.8, 4) is 0 Å². The average molecular weight is 308 g/mol. The van der Waals surface area contributed by atoms with E-state index in [1.807, 2.05) is 0 Å². The summed E-state index contributed by atoms with van der Waals surface area (Å²) in [5, 5.41) is 20.5. The van der Waals surface area contributed by atoms with Crippen molar-refractivity contribution in [2.75, 3.05) is 13.2 Å². The fourth-order valence-electron chi connectivity index (χ4n) is 2.10. The molecule has 0 spiro atoms. The molecule has 1 N–H and O–H groups in total. The van der Waals surface area contributed by atoms with Gasteiger partial charge in [-0.1, -0.05) is 0 Å². The number of hydrogen-bond acceptors (Lipinski definition) is 5.